The fraction of sp³-hybridized carbons (Fsp3) is 0.846. The van der Waals surface area contributed by atoms with E-state index in [1.807, 2.05) is 11.8 Å². The highest BCUT2D eigenvalue weighted by Gasteiger charge is 2.32. The first-order valence-electron chi connectivity index (χ1n) is 6.99. The number of nitrogens with one attached hydrogen (secondary N) is 2. The van der Waals surface area contributed by atoms with Gasteiger partial charge in [-0.3, -0.25) is 9.59 Å². The Bertz CT molecular complexity index is 321. The molecular weight excluding hydrogens is 266 g/mol. The maximum Gasteiger partial charge on any atom is 0.228 e. The molecule has 110 valence electrons. The van der Waals surface area contributed by atoms with Crippen LogP contribution in [0.15, 0.2) is 0 Å². The predicted octanol–water partition coefficient (Wildman–Crippen LogP) is 0.535. The van der Waals surface area contributed by atoms with Gasteiger partial charge in [0.2, 0.25) is 11.8 Å². The fourth-order valence-corrected chi connectivity index (χ4v) is 2.54. The molecule has 0 spiro atoms. The van der Waals surface area contributed by atoms with Crippen LogP contribution in [0.1, 0.15) is 32.6 Å². The van der Waals surface area contributed by atoms with Crippen LogP contribution in [0.5, 0.6) is 0 Å². The zero-order valence-corrected chi connectivity index (χ0v) is 12.3. The summed E-state index contributed by atoms with van der Waals surface area (Å²) < 4.78 is 0. The monoisotopic (exact) mass is 289 g/mol. The third-order valence-electron chi connectivity index (χ3n) is 3.71. The van der Waals surface area contributed by atoms with E-state index in [0.29, 0.717) is 13.0 Å². The van der Waals surface area contributed by atoms with Gasteiger partial charge in [0.05, 0.1) is 5.92 Å². The lowest BCUT2D eigenvalue weighted by molar-refractivity contribution is -0.139. The molecule has 1 unspecified atom stereocenters. The molecule has 0 aromatic heterocycles. The lowest BCUT2D eigenvalue weighted by Crippen LogP contribution is -2.56. The van der Waals surface area contributed by atoms with E-state index in [2.05, 4.69) is 10.6 Å². The average molecular weight is 290 g/mol. The molecule has 0 aromatic carbocycles. The lowest BCUT2D eigenvalue weighted by atomic mass is 9.98. The molecule has 0 aromatic rings. The van der Waals surface area contributed by atoms with Crippen LogP contribution in [0, 0.1) is 5.92 Å². The number of rotatable bonds is 4. The quantitative estimate of drug-likeness (QED) is 0.794. The average Bonchev–Trinajstić information content (AvgIpc) is 2.27. The number of carbonyl (C=O) groups excluding carboxylic acids is 2. The second kappa shape index (κ2) is 7.70. The van der Waals surface area contributed by atoms with Gasteiger partial charge in [0.25, 0.3) is 0 Å². The Hall–Kier alpha value is -0.810. The van der Waals surface area contributed by atoms with Crippen LogP contribution >= 0.6 is 12.4 Å². The number of amides is 2. The van der Waals surface area contributed by atoms with Gasteiger partial charge in [-0.1, -0.05) is 6.92 Å². The van der Waals surface area contributed by atoms with Crippen LogP contribution in [-0.2, 0) is 9.59 Å². The highest BCUT2D eigenvalue weighted by atomic mass is 35.5. The van der Waals surface area contributed by atoms with Crippen LogP contribution < -0.4 is 10.6 Å². The van der Waals surface area contributed by atoms with Crippen molar-refractivity contribution in [1.82, 2.24) is 15.5 Å². The molecule has 2 fully saturated rings. The SMILES string of the molecule is CCCC(=O)NC1CCCN(C(=O)C2CNC2)C1.Cl. The van der Waals surface area contributed by atoms with E-state index < -0.39 is 0 Å². The van der Waals surface area contributed by atoms with E-state index in [1.54, 1.807) is 0 Å². The Morgan fingerprint density at radius 2 is 2.11 bits per heavy atom. The Kier molecular flexibility index (Phi) is 6.58. The Morgan fingerprint density at radius 3 is 2.68 bits per heavy atom. The highest BCUT2D eigenvalue weighted by Crippen LogP contribution is 2.15. The van der Waals surface area contributed by atoms with Gasteiger partial charge in [-0.25, -0.2) is 0 Å². The third-order valence-corrected chi connectivity index (χ3v) is 3.71. The maximum absolute atomic E-state index is 12.1. The van der Waals surface area contributed by atoms with Crippen molar-refractivity contribution in [3.05, 3.63) is 0 Å². The lowest BCUT2D eigenvalue weighted by Gasteiger charge is -2.37. The Morgan fingerprint density at radius 1 is 1.37 bits per heavy atom. The van der Waals surface area contributed by atoms with Crippen LogP contribution in [-0.4, -0.2) is 48.9 Å². The van der Waals surface area contributed by atoms with E-state index in [4.69, 9.17) is 0 Å². The Balaban J connectivity index is 0.00000180. The van der Waals surface area contributed by atoms with Crippen LogP contribution in [0.2, 0.25) is 0 Å². The van der Waals surface area contributed by atoms with Crippen LogP contribution in [0.25, 0.3) is 0 Å². The number of hydrogen-bond acceptors (Lipinski definition) is 3. The Labute approximate surface area is 120 Å². The summed E-state index contributed by atoms with van der Waals surface area (Å²) in [7, 11) is 0. The standard InChI is InChI=1S/C13H23N3O2.ClH/c1-2-4-12(17)15-11-5-3-6-16(9-11)13(18)10-7-14-8-10;/h10-11,14H,2-9H2,1H3,(H,15,17);1H. The molecule has 2 heterocycles. The minimum atomic E-state index is 0. The molecule has 0 aliphatic carbocycles. The molecule has 2 amide bonds. The molecule has 1 atom stereocenters. The molecule has 19 heavy (non-hydrogen) atoms. The molecule has 2 N–H and O–H groups in total. The first kappa shape index (κ1) is 16.2. The molecular formula is C13H24ClN3O2. The summed E-state index contributed by atoms with van der Waals surface area (Å²) in [5, 5.41) is 6.16. The minimum Gasteiger partial charge on any atom is -0.352 e. The van der Waals surface area contributed by atoms with E-state index in [-0.39, 0.29) is 36.2 Å². The number of hydrogen-bond donors (Lipinski definition) is 2. The van der Waals surface area contributed by atoms with Gasteiger partial charge in [-0.15, -0.1) is 12.4 Å². The summed E-state index contributed by atoms with van der Waals surface area (Å²) >= 11 is 0. The number of likely N-dealkylation sites (tertiary alicyclic amines) is 1. The summed E-state index contributed by atoms with van der Waals surface area (Å²) in [6, 6.07) is 0.148. The van der Waals surface area contributed by atoms with Crippen molar-refractivity contribution in [3.8, 4) is 0 Å². The molecule has 5 nitrogen and oxygen atoms in total. The second-order valence-corrected chi connectivity index (χ2v) is 5.30. The third kappa shape index (κ3) is 4.35. The molecule has 2 aliphatic rings. The fourth-order valence-electron chi connectivity index (χ4n) is 2.54. The minimum absolute atomic E-state index is 0. The van der Waals surface area contributed by atoms with Crippen molar-refractivity contribution < 1.29 is 9.59 Å². The summed E-state index contributed by atoms with van der Waals surface area (Å²) in [6.45, 7) is 5.14. The van der Waals surface area contributed by atoms with Gasteiger partial charge in [0.15, 0.2) is 0 Å². The summed E-state index contributed by atoms with van der Waals surface area (Å²) in [4.78, 5) is 25.6. The summed E-state index contributed by atoms with van der Waals surface area (Å²) in [5.41, 5.74) is 0. The topological polar surface area (TPSA) is 61.4 Å². The molecule has 6 heteroatoms. The molecule has 2 saturated heterocycles. The highest BCUT2D eigenvalue weighted by molar-refractivity contribution is 5.85. The van der Waals surface area contributed by atoms with Gasteiger partial charge in [0.1, 0.15) is 0 Å². The van der Waals surface area contributed by atoms with Gasteiger partial charge >= 0.3 is 0 Å². The number of halogens is 1. The molecule has 2 aliphatic heterocycles. The summed E-state index contributed by atoms with van der Waals surface area (Å²) in [6.07, 6.45) is 3.43. The second-order valence-electron chi connectivity index (χ2n) is 5.30. The molecule has 2 rings (SSSR count). The van der Waals surface area contributed by atoms with Gasteiger partial charge < -0.3 is 15.5 Å². The van der Waals surface area contributed by atoms with E-state index in [9.17, 15) is 9.59 Å². The summed E-state index contributed by atoms with van der Waals surface area (Å²) in [5.74, 6) is 0.528. The van der Waals surface area contributed by atoms with Crippen molar-refractivity contribution in [3.63, 3.8) is 0 Å². The number of carbonyl (C=O) groups is 2. The first-order chi connectivity index (χ1) is 8.70. The van der Waals surface area contributed by atoms with E-state index in [1.165, 1.54) is 0 Å². The van der Waals surface area contributed by atoms with Gasteiger partial charge in [0, 0.05) is 38.6 Å². The van der Waals surface area contributed by atoms with Crippen molar-refractivity contribution in [1.29, 1.82) is 0 Å². The number of nitrogens with zero attached hydrogens (tertiary/aromatic N) is 1. The first-order valence-corrected chi connectivity index (χ1v) is 6.99. The van der Waals surface area contributed by atoms with Gasteiger partial charge in [-0.05, 0) is 19.3 Å². The smallest absolute Gasteiger partial charge is 0.228 e. The number of piperidine rings is 1. The van der Waals surface area contributed by atoms with Crippen LogP contribution in [0.3, 0.4) is 0 Å². The van der Waals surface area contributed by atoms with Gasteiger partial charge in [-0.2, -0.15) is 0 Å². The molecule has 0 bridgehead atoms. The van der Waals surface area contributed by atoms with Crippen molar-refractivity contribution >= 4 is 24.2 Å². The normalized spacial score (nSPS) is 23.2. The van der Waals surface area contributed by atoms with Crippen molar-refractivity contribution in [2.45, 2.75) is 38.6 Å². The largest absolute Gasteiger partial charge is 0.352 e. The van der Waals surface area contributed by atoms with E-state index in [0.717, 1.165) is 38.9 Å². The van der Waals surface area contributed by atoms with Crippen molar-refractivity contribution in [2.75, 3.05) is 26.2 Å². The molecule has 0 saturated carbocycles. The zero-order valence-electron chi connectivity index (χ0n) is 11.5. The van der Waals surface area contributed by atoms with Crippen molar-refractivity contribution in [2.24, 2.45) is 5.92 Å². The predicted molar refractivity (Wildman–Crippen MR) is 76.3 cm³/mol. The van der Waals surface area contributed by atoms with Crippen LogP contribution in [0.4, 0.5) is 0 Å². The zero-order chi connectivity index (χ0) is 13.0. The van der Waals surface area contributed by atoms with E-state index >= 15 is 0 Å². The molecule has 0 radical (unpaired) electrons. The maximum atomic E-state index is 12.1.